The quantitative estimate of drug-likeness (QED) is 0.737. The minimum Gasteiger partial charge on any atom is -0.383 e. The number of nitrogens with two attached hydrogens (primary N) is 1. The molecule has 0 radical (unpaired) electrons. The number of rotatable bonds is 6. The molecule has 18 heavy (non-hydrogen) atoms. The Kier molecular flexibility index (Phi) is 4.85. The van der Waals surface area contributed by atoms with Gasteiger partial charge in [0.15, 0.2) is 0 Å². The first-order chi connectivity index (χ1) is 8.30. The molecule has 0 fully saturated rings. The van der Waals surface area contributed by atoms with Gasteiger partial charge in [-0.05, 0) is 13.8 Å². The molecule has 104 valence electrons. The molecule has 1 unspecified atom stereocenters. The van der Waals surface area contributed by atoms with Crippen LogP contribution in [0.3, 0.4) is 0 Å². The number of aryl methyl sites for hydroxylation is 2. The van der Waals surface area contributed by atoms with Crippen molar-refractivity contribution in [3.05, 3.63) is 11.4 Å². The number of nitrogens with zero attached hydrogens (tertiary/aromatic N) is 2. The molecule has 0 aliphatic carbocycles. The van der Waals surface area contributed by atoms with Gasteiger partial charge < -0.3 is 10.5 Å². The maximum absolute atomic E-state index is 12.3. The second-order valence-corrected chi connectivity index (χ2v) is 6.25. The standard InChI is InChI=1S/C10H20N4O3S/c1-7-10(8(2)13-12-7)18(15,16)14(3)5-9(11)6-17-4/h9H,5-6,11H2,1-4H3,(H,12,13). The normalized spacial score (nSPS) is 14.1. The number of H-pyrrole nitrogens is 1. The van der Waals surface area contributed by atoms with Gasteiger partial charge in [0.2, 0.25) is 10.0 Å². The number of nitrogens with one attached hydrogen (secondary N) is 1. The van der Waals surface area contributed by atoms with Gasteiger partial charge in [-0.1, -0.05) is 0 Å². The Bertz CT molecular complexity index is 478. The van der Waals surface area contributed by atoms with Crippen molar-refractivity contribution in [1.82, 2.24) is 14.5 Å². The number of aromatic nitrogens is 2. The van der Waals surface area contributed by atoms with Gasteiger partial charge in [-0.15, -0.1) is 0 Å². The molecular formula is C10H20N4O3S. The van der Waals surface area contributed by atoms with E-state index in [1.165, 1.54) is 18.5 Å². The summed E-state index contributed by atoms with van der Waals surface area (Å²) in [6.07, 6.45) is 0. The lowest BCUT2D eigenvalue weighted by molar-refractivity contribution is 0.173. The first-order valence-corrected chi connectivity index (χ1v) is 6.97. The molecule has 7 nitrogen and oxygen atoms in total. The van der Waals surface area contributed by atoms with Crippen molar-refractivity contribution in [2.45, 2.75) is 24.8 Å². The molecule has 1 aromatic rings. The lowest BCUT2D eigenvalue weighted by Crippen LogP contribution is -2.41. The molecule has 0 aromatic carbocycles. The maximum atomic E-state index is 12.3. The molecule has 0 aliphatic heterocycles. The van der Waals surface area contributed by atoms with E-state index in [0.717, 1.165) is 0 Å². The number of aromatic amines is 1. The third-order valence-corrected chi connectivity index (χ3v) is 4.69. The van der Waals surface area contributed by atoms with Crippen molar-refractivity contribution in [3.63, 3.8) is 0 Å². The van der Waals surface area contributed by atoms with E-state index >= 15 is 0 Å². The number of ether oxygens (including phenoxy) is 1. The Labute approximate surface area is 107 Å². The van der Waals surface area contributed by atoms with E-state index in [1.54, 1.807) is 13.8 Å². The predicted octanol–water partition coefficient (Wildman–Crippen LogP) is -0.379. The Morgan fingerprint density at radius 1 is 1.50 bits per heavy atom. The van der Waals surface area contributed by atoms with Gasteiger partial charge in [0.1, 0.15) is 4.90 Å². The molecule has 0 spiro atoms. The molecule has 1 rings (SSSR count). The van der Waals surface area contributed by atoms with Crippen molar-refractivity contribution in [2.24, 2.45) is 5.73 Å². The third-order valence-electron chi connectivity index (χ3n) is 2.60. The zero-order chi connectivity index (χ0) is 13.9. The van der Waals surface area contributed by atoms with E-state index in [0.29, 0.717) is 18.0 Å². The summed E-state index contributed by atoms with van der Waals surface area (Å²) >= 11 is 0. The number of likely N-dealkylation sites (N-methyl/N-ethyl adjacent to an activating group) is 1. The van der Waals surface area contributed by atoms with Crippen LogP contribution in [0.4, 0.5) is 0 Å². The molecule has 0 aliphatic rings. The highest BCUT2D eigenvalue weighted by molar-refractivity contribution is 7.89. The fourth-order valence-electron chi connectivity index (χ4n) is 1.77. The molecule has 3 N–H and O–H groups in total. The molecule has 8 heteroatoms. The minimum absolute atomic E-state index is 0.195. The summed E-state index contributed by atoms with van der Waals surface area (Å²) < 4.78 is 30.8. The number of methoxy groups -OCH3 is 1. The Morgan fingerprint density at radius 3 is 2.56 bits per heavy atom. The van der Waals surface area contributed by atoms with Crippen molar-refractivity contribution in [2.75, 3.05) is 27.3 Å². The smallest absolute Gasteiger partial charge is 0.246 e. The van der Waals surface area contributed by atoms with E-state index in [1.807, 2.05) is 0 Å². The topological polar surface area (TPSA) is 101 Å². The van der Waals surface area contributed by atoms with Gasteiger partial charge >= 0.3 is 0 Å². The first-order valence-electron chi connectivity index (χ1n) is 5.53. The summed E-state index contributed by atoms with van der Waals surface area (Å²) in [4.78, 5) is 0.217. The molecule has 0 bridgehead atoms. The van der Waals surface area contributed by atoms with Crippen LogP contribution in [0.15, 0.2) is 4.90 Å². The highest BCUT2D eigenvalue weighted by Crippen LogP contribution is 2.20. The zero-order valence-corrected chi connectivity index (χ0v) is 11.9. The molecule has 0 amide bonds. The predicted molar refractivity (Wildman–Crippen MR) is 67.7 cm³/mol. The summed E-state index contributed by atoms with van der Waals surface area (Å²) in [6.45, 7) is 3.83. The van der Waals surface area contributed by atoms with Crippen LogP contribution in [-0.4, -0.2) is 56.3 Å². The van der Waals surface area contributed by atoms with Crippen molar-refractivity contribution in [3.8, 4) is 0 Å². The first kappa shape index (κ1) is 15.1. The van der Waals surface area contributed by atoms with Crippen LogP contribution in [0.2, 0.25) is 0 Å². The van der Waals surface area contributed by atoms with Gasteiger partial charge in [0.25, 0.3) is 0 Å². The van der Waals surface area contributed by atoms with Crippen LogP contribution in [-0.2, 0) is 14.8 Å². The Balaban J connectivity index is 2.94. The minimum atomic E-state index is -3.57. The average Bonchev–Trinajstić information content (AvgIpc) is 2.59. The SMILES string of the molecule is COCC(N)CN(C)S(=O)(=O)c1c(C)n[nH]c1C. The molecule has 0 saturated carbocycles. The van der Waals surface area contributed by atoms with Gasteiger partial charge in [-0.3, -0.25) is 5.10 Å². The largest absolute Gasteiger partial charge is 0.383 e. The summed E-state index contributed by atoms with van der Waals surface area (Å²) in [5.41, 5.74) is 6.74. The maximum Gasteiger partial charge on any atom is 0.246 e. The number of sulfonamides is 1. The second kappa shape index (κ2) is 5.79. The number of hydrogen-bond acceptors (Lipinski definition) is 5. The van der Waals surface area contributed by atoms with Crippen molar-refractivity contribution < 1.29 is 13.2 Å². The van der Waals surface area contributed by atoms with Crippen LogP contribution in [0.25, 0.3) is 0 Å². The summed E-state index contributed by atoms with van der Waals surface area (Å²) in [5, 5.41) is 6.56. The monoisotopic (exact) mass is 276 g/mol. The summed E-state index contributed by atoms with van der Waals surface area (Å²) in [7, 11) is -0.543. The molecule has 1 heterocycles. The molecule has 1 atom stereocenters. The fourth-order valence-corrected chi connectivity index (χ4v) is 3.32. The Morgan fingerprint density at radius 2 is 2.11 bits per heavy atom. The van der Waals surface area contributed by atoms with E-state index < -0.39 is 10.0 Å². The van der Waals surface area contributed by atoms with Crippen molar-refractivity contribution in [1.29, 1.82) is 0 Å². The summed E-state index contributed by atoms with van der Waals surface area (Å²) in [6, 6.07) is -0.359. The lowest BCUT2D eigenvalue weighted by Gasteiger charge is -2.20. The zero-order valence-electron chi connectivity index (χ0n) is 11.1. The van der Waals surface area contributed by atoms with E-state index in [9.17, 15) is 8.42 Å². The molecule has 1 aromatic heterocycles. The van der Waals surface area contributed by atoms with Crippen LogP contribution < -0.4 is 5.73 Å². The fraction of sp³-hybridized carbons (Fsp3) is 0.700. The van der Waals surface area contributed by atoms with Gasteiger partial charge in [-0.2, -0.15) is 9.40 Å². The van der Waals surface area contributed by atoms with Crippen LogP contribution in [0.5, 0.6) is 0 Å². The van der Waals surface area contributed by atoms with E-state index in [2.05, 4.69) is 10.2 Å². The van der Waals surface area contributed by atoms with Gasteiger partial charge in [0.05, 0.1) is 18.0 Å². The van der Waals surface area contributed by atoms with Crippen molar-refractivity contribution >= 4 is 10.0 Å². The van der Waals surface area contributed by atoms with Gasteiger partial charge in [-0.25, -0.2) is 8.42 Å². The van der Waals surface area contributed by atoms with Crippen LogP contribution >= 0.6 is 0 Å². The Hall–Kier alpha value is -0.960. The van der Waals surface area contributed by atoms with E-state index in [-0.39, 0.29) is 17.5 Å². The summed E-state index contributed by atoms with van der Waals surface area (Å²) in [5.74, 6) is 0. The van der Waals surface area contributed by atoms with Gasteiger partial charge in [0, 0.05) is 26.7 Å². The van der Waals surface area contributed by atoms with Crippen LogP contribution in [0.1, 0.15) is 11.4 Å². The average molecular weight is 276 g/mol. The third kappa shape index (κ3) is 3.08. The lowest BCUT2D eigenvalue weighted by atomic mass is 10.3. The number of hydrogen-bond donors (Lipinski definition) is 2. The second-order valence-electron chi connectivity index (χ2n) is 4.26. The molecule has 0 saturated heterocycles. The molecular weight excluding hydrogens is 256 g/mol. The highest BCUT2D eigenvalue weighted by Gasteiger charge is 2.27. The van der Waals surface area contributed by atoms with E-state index in [4.69, 9.17) is 10.5 Å². The highest BCUT2D eigenvalue weighted by atomic mass is 32.2. The van der Waals surface area contributed by atoms with Crippen LogP contribution in [0, 0.1) is 13.8 Å².